The first kappa shape index (κ1) is 14.2. The van der Waals surface area contributed by atoms with Gasteiger partial charge in [0.2, 0.25) is 0 Å². The molecule has 3 rings (SSSR count). The zero-order chi connectivity index (χ0) is 15.7. The van der Waals surface area contributed by atoms with Crippen LogP contribution in [0.15, 0.2) is 36.4 Å². The second kappa shape index (κ2) is 5.22. The molecular weight excluding hydrogens is 288 g/mol. The van der Waals surface area contributed by atoms with E-state index in [-0.39, 0.29) is 0 Å². The van der Waals surface area contributed by atoms with Crippen LogP contribution in [0.1, 0.15) is 6.42 Å². The summed E-state index contributed by atoms with van der Waals surface area (Å²) in [5, 5.41) is 1.87. The third-order valence-electron chi connectivity index (χ3n) is 3.46. The summed E-state index contributed by atoms with van der Waals surface area (Å²) < 4.78 is 20.6. The SMILES string of the molecule is COC(=O)CC1(C(=O)OC)Oc2cc3ccccc3cc2O1. The number of rotatable bonds is 3. The average molecular weight is 302 g/mol. The number of hydrogen-bond donors (Lipinski definition) is 0. The summed E-state index contributed by atoms with van der Waals surface area (Å²) in [6, 6.07) is 11.1. The fourth-order valence-corrected chi connectivity index (χ4v) is 2.38. The summed E-state index contributed by atoms with van der Waals surface area (Å²) in [6.45, 7) is 0. The van der Waals surface area contributed by atoms with Gasteiger partial charge < -0.3 is 18.9 Å². The van der Waals surface area contributed by atoms with Crippen molar-refractivity contribution in [3.8, 4) is 11.5 Å². The minimum Gasteiger partial charge on any atom is -0.469 e. The minimum atomic E-state index is -1.85. The molecular formula is C16H14O6. The lowest BCUT2D eigenvalue weighted by Crippen LogP contribution is -2.49. The van der Waals surface area contributed by atoms with Gasteiger partial charge in [0, 0.05) is 0 Å². The van der Waals surface area contributed by atoms with Crippen LogP contribution < -0.4 is 9.47 Å². The van der Waals surface area contributed by atoms with Gasteiger partial charge in [-0.15, -0.1) is 0 Å². The van der Waals surface area contributed by atoms with Crippen molar-refractivity contribution in [1.82, 2.24) is 0 Å². The number of hydrogen-bond acceptors (Lipinski definition) is 6. The van der Waals surface area contributed by atoms with Crippen molar-refractivity contribution < 1.29 is 28.5 Å². The molecule has 0 unspecified atom stereocenters. The predicted molar refractivity (Wildman–Crippen MR) is 76.6 cm³/mol. The normalized spacial score (nSPS) is 14.6. The van der Waals surface area contributed by atoms with E-state index in [0.717, 1.165) is 10.8 Å². The van der Waals surface area contributed by atoms with Crippen LogP contribution in [0.25, 0.3) is 10.8 Å². The molecule has 0 aromatic heterocycles. The molecule has 6 nitrogen and oxygen atoms in total. The number of carbonyl (C=O) groups is 2. The number of esters is 2. The predicted octanol–water partition coefficient (Wildman–Crippen LogP) is 2.04. The third-order valence-corrected chi connectivity index (χ3v) is 3.46. The molecule has 2 aromatic carbocycles. The average Bonchev–Trinajstić information content (AvgIpc) is 2.89. The first-order chi connectivity index (χ1) is 10.6. The second-order valence-corrected chi connectivity index (χ2v) is 4.85. The zero-order valence-corrected chi connectivity index (χ0v) is 12.1. The van der Waals surface area contributed by atoms with Crippen LogP contribution in [0.2, 0.25) is 0 Å². The number of methoxy groups -OCH3 is 2. The molecule has 0 fully saturated rings. The lowest BCUT2D eigenvalue weighted by atomic mass is 10.1. The van der Waals surface area contributed by atoms with E-state index in [4.69, 9.17) is 14.2 Å². The van der Waals surface area contributed by atoms with Crippen LogP contribution in [0.5, 0.6) is 11.5 Å². The Bertz CT molecular complexity index is 707. The van der Waals surface area contributed by atoms with E-state index in [1.54, 1.807) is 12.1 Å². The lowest BCUT2D eigenvalue weighted by Gasteiger charge is -2.23. The fourth-order valence-electron chi connectivity index (χ4n) is 2.38. The molecule has 0 N–H and O–H groups in total. The summed E-state index contributed by atoms with van der Waals surface area (Å²) in [7, 11) is 2.43. The largest absolute Gasteiger partial charge is 0.469 e. The number of fused-ring (bicyclic) bond motifs is 2. The Morgan fingerprint density at radius 3 is 2.00 bits per heavy atom. The third kappa shape index (κ3) is 2.22. The molecule has 22 heavy (non-hydrogen) atoms. The summed E-state index contributed by atoms with van der Waals surface area (Å²) >= 11 is 0. The van der Waals surface area contributed by atoms with Crippen LogP contribution in [0.4, 0.5) is 0 Å². The monoisotopic (exact) mass is 302 g/mol. The van der Waals surface area contributed by atoms with Gasteiger partial charge in [-0.3, -0.25) is 4.79 Å². The molecule has 6 heteroatoms. The van der Waals surface area contributed by atoms with Crippen molar-refractivity contribution in [2.75, 3.05) is 14.2 Å². The summed E-state index contributed by atoms with van der Waals surface area (Å²) in [4.78, 5) is 23.7. The quantitative estimate of drug-likeness (QED) is 0.808. The zero-order valence-electron chi connectivity index (χ0n) is 12.1. The highest BCUT2D eigenvalue weighted by Crippen LogP contribution is 2.43. The van der Waals surface area contributed by atoms with Gasteiger partial charge in [0.25, 0.3) is 0 Å². The highest BCUT2D eigenvalue weighted by Gasteiger charge is 2.52. The molecule has 114 valence electrons. The smallest absolute Gasteiger partial charge is 0.393 e. The molecule has 2 aromatic rings. The molecule has 0 aliphatic carbocycles. The van der Waals surface area contributed by atoms with Gasteiger partial charge in [-0.1, -0.05) is 24.3 Å². The first-order valence-electron chi connectivity index (χ1n) is 6.64. The van der Waals surface area contributed by atoms with Gasteiger partial charge in [0.05, 0.1) is 14.2 Å². The standard InChI is InChI=1S/C16H14O6/c1-19-14(17)9-16(15(18)20-2)21-12-7-10-5-3-4-6-11(10)8-13(12)22-16/h3-8H,9H2,1-2H3. The van der Waals surface area contributed by atoms with Gasteiger partial charge in [-0.2, -0.15) is 0 Å². The second-order valence-electron chi connectivity index (χ2n) is 4.85. The number of ether oxygens (including phenoxy) is 4. The van der Waals surface area contributed by atoms with E-state index in [0.29, 0.717) is 11.5 Å². The minimum absolute atomic E-state index is 0.382. The Morgan fingerprint density at radius 2 is 1.55 bits per heavy atom. The maximum atomic E-state index is 12.1. The van der Waals surface area contributed by atoms with E-state index in [9.17, 15) is 9.59 Å². The molecule has 0 atom stereocenters. The molecule has 0 saturated heterocycles. The number of carbonyl (C=O) groups excluding carboxylic acids is 2. The molecule has 0 radical (unpaired) electrons. The Balaban J connectivity index is 2.03. The van der Waals surface area contributed by atoms with Gasteiger partial charge in [0.15, 0.2) is 11.5 Å². The molecule has 0 saturated carbocycles. The topological polar surface area (TPSA) is 71.1 Å². The highest BCUT2D eigenvalue weighted by molar-refractivity contribution is 5.89. The maximum Gasteiger partial charge on any atom is 0.393 e. The Morgan fingerprint density at radius 1 is 1.00 bits per heavy atom. The van der Waals surface area contributed by atoms with E-state index < -0.39 is 24.1 Å². The van der Waals surface area contributed by atoms with Crippen LogP contribution >= 0.6 is 0 Å². The van der Waals surface area contributed by atoms with Crippen LogP contribution in [0, 0.1) is 0 Å². The first-order valence-corrected chi connectivity index (χ1v) is 6.64. The summed E-state index contributed by atoms with van der Waals surface area (Å²) in [5.74, 6) is -2.51. The van der Waals surface area contributed by atoms with E-state index in [2.05, 4.69) is 4.74 Å². The molecule has 0 amide bonds. The van der Waals surface area contributed by atoms with Crippen molar-refractivity contribution in [2.45, 2.75) is 12.2 Å². The lowest BCUT2D eigenvalue weighted by molar-refractivity contribution is -0.187. The van der Waals surface area contributed by atoms with Crippen molar-refractivity contribution >= 4 is 22.7 Å². The molecule has 1 heterocycles. The van der Waals surface area contributed by atoms with Gasteiger partial charge in [-0.05, 0) is 22.9 Å². The van der Waals surface area contributed by atoms with Gasteiger partial charge in [-0.25, -0.2) is 4.79 Å². The van der Waals surface area contributed by atoms with E-state index in [1.165, 1.54) is 14.2 Å². The maximum absolute atomic E-state index is 12.1. The van der Waals surface area contributed by atoms with E-state index >= 15 is 0 Å². The summed E-state index contributed by atoms with van der Waals surface area (Å²) in [6.07, 6.45) is -0.402. The van der Waals surface area contributed by atoms with Crippen molar-refractivity contribution in [2.24, 2.45) is 0 Å². The van der Waals surface area contributed by atoms with Gasteiger partial charge >= 0.3 is 17.7 Å². The molecule has 1 aliphatic rings. The van der Waals surface area contributed by atoms with Gasteiger partial charge in [0.1, 0.15) is 6.42 Å². The van der Waals surface area contributed by atoms with Crippen LogP contribution in [0.3, 0.4) is 0 Å². The molecule has 1 aliphatic heterocycles. The fraction of sp³-hybridized carbons (Fsp3) is 0.250. The van der Waals surface area contributed by atoms with Crippen LogP contribution in [-0.2, 0) is 19.1 Å². The van der Waals surface area contributed by atoms with Crippen molar-refractivity contribution in [3.05, 3.63) is 36.4 Å². The molecule has 0 bridgehead atoms. The summed E-state index contributed by atoms with van der Waals surface area (Å²) in [5.41, 5.74) is 0. The van der Waals surface area contributed by atoms with Crippen molar-refractivity contribution in [3.63, 3.8) is 0 Å². The molecule has 0 spiro atoms. The van der Waals surface area contributed by atoms with E-state index in [1.807, 2.05) is 24.3 Å². The number of benzene rings is 2. The van der Waals surface area contributed by atoms with Crippen LogP contribution in [-0.4, -0.2) is 31.9 Å². The Hall–Kier alpha value is -2.76. The van der Waals surface area contributed by atoms with Crippen molar-refractivity contribution in [1.29, 1.82) is 0 Å². The Kier molecular flexibility index (Phi) is 3.36. The Labute approximate surface area is 126 Å². The highest BCUT2D eigenvalue weighted by atomic mass is 16.8.